The molecule has 0 bridgehead atoms. The van der Waals surface area contributed by atoms with Crippen LogP contribution in [0.2, 0.25) is 0 Å². The highest BCUT2D eigenvalue weighted by molar-refractivity contribution is 5.75. The minimum absolute atomic E-state index is 0.0477. The first-order valence-electron chi connectivity index (χ1n) is 5.85. The van der Waals surface area contributed by atoms with Gasteiger partial charge in [0.1, 0.15) is 11.6 Å². The summed E-state index contributed by atoms with van der Waals surface area (Å²) in [6, 6.07) is 4.01. The fourth-order valence-corrected chi connectivity index (χ4v) is 1.52. The first kappa shape index (κ1) is 14.4. The molecule has 1 amide bonds. The number of hydrogen-bond donors (Lipinski definition) is 2. The molecule has 18 heavy (non-hydrogen) atoms. The molecule has 1 aromatic carbocycles. The lowest BCUT2D eigenvalue weighted by atomic mass is 10.1. The zero-order chi connectivity index (χ0) is 13.5. The van der Waals surface area contributed by atoms with Gasteiger partial charge < -0.3 is 15.2 Å². The highest BCUT2D eigenvalue weighted by Crippen LogP contribution is 2.26. The second kappa shape index (κ2) is 6.96. The van der Waals surface area contributed by atoms with Crippen molar-refractivity contribution < 1.29 is 19.0 Å². The Bertz CT molecular complexity index is 407. The van der Waals surface area contributed by atoms with Gasteiger partial charge in [0.05, 0.1) is 12.7 Å². The average molecular weight is 255 g/mol. The average Bonchev–Trinajstić information content (AvgIpc) is 2.35. The number of hydrogen-bond acceptors (Lipinski definition) is 3. The monoisotopic (exact) mass is 255 g/mol. The third-order valence-electron chi connectivity index (χ3n) is 2.51. The van der Waals surface area contributed by atoms with Crippen LogP contribution in [0.5, 0.6) is 5.75 Å². The second-order valence-electron chi connectivity index (χ2n) is 3.98. The topological polar surface area (TPSA) is 58.6 Å². The van der Waals surface area contributed by atoms with Crippen LogP contribution >= 0.6 is 0 Å². The molecule has 1 atom stereocenters. The molecule has 0 saturated heterocycles. The molecule has 0 fully saturated rings. The van der Waals surface area contributed by atoms with Gasteiger partial charge in [0.15, 0.2) is 0 Å². The molecule has 0 spiro atoms. The van der Waals surface area contributed by atoms with Crippen molar-refractivity contribution in [2.45, 2.75) is 25.9 Å². The number of amides is 1. The van der Waals surface area contributed by atoms with Crippen molar-refractivity contribution in [2.75, 3.05) is 13.7 Å². The van der Waals surface area contributed by atoms with Gasteiger partial charge in [0, 0.05) is 19.0 Å². The van der Waals surface area contributed by atoms with E-state index in [0.717, 1.165) is 0 Å². The van der Waals surface area contributed by atoms with Gasteiger partial charge in [-0.05, 0) is 31.5 Å². The Hall–Kier alpha value is -1.62. The molecule has 0 radical (unpaired) electrons. The van der Waals surface area contributed by atoms with Crippen LogP contribution in [-0.4, -0.2) is 24.7 Å². The summed E-state index contributed by atoms with van der Waals surface area (Å²) < 4.78 is 18.5. The van der Waals surface area contributed by atoms with E-state index in [-0.39, 0.29) is 5.91 Å². The molecule has 5 heteroatoms. The number of nitrogens with one attached hydrogen (secondary N) is 1. The van der Waals surface area contributed by atoms with Gasteiger partial charge in [0.25, 0.3) is 0 Å². The summed E-state index contributed by atoms with van der Waals surface area (Å²) in [5.41, 5.74) is 0.412. The Morgan fingerprint density at radius 3 is 2.89 bits per heavy atom. The van der Waals surface area contributed by atoms with Crippen molar-refractivity contribution in [2.24, 2.45) is 0 Å². The molecule has 2 N–H and O–H groups in total. The summed E-state index contributed by atoms with van der Waals surface area (Å²) in [5, 5.41) is 12.0. The van der Waals surface area contributed by atoms with Crippen molar-refractivity contribution in [3.63, 3.8) is 0 Å². The molecular weight excluding hydrogens is 237 g/mol. The number of halogens is 1. The number of benzene rings is 1. The predicted molar refractivity (Wildman–Crippen MR) is 65.8 cm³/mol. The third-order valence-corrected chi connectivity index (χ3v) is 2.51. The molecule has 0 aliphatic heterocycles. The van der Waals surface area contributed by atoms with E-state index < -0.39 is 11.9 Å². The third kappa shape index (κ3) is 4.33. The van der Waals surface area contributed by atoms with Crippen LogP contribution in [0.15, 0.2) is 18.2 Å². The van der Waals surface area contributed by atoms with Crippen molar-refractivity contribution in [3.8, 4) is 5.75 Å². The minimum atomic E-state index is -0.797. The maximum absolute atomic E-state index is 13.0. The van der Waals surface area contributed by atoms with Gasteiger partial charge in [-0.2, -0.15) is 0 Å². The van der Waals surface area contributed by atoms with Gasteiger partial charge in [0.2, 0.25) is 5.91 Å². The molecule has 0 aliphatic rings. The van der Waals surface area contributed by atoms with Crippen LogP contribution < -0.4 is 10.1 Å². The molecule has 0 aliphatic carbocycles. The van der Waals surface area contributed by atoms with Gasteiger partial charge in [-0.1, -0.05) is 0 Å². The fraction of sp³-hybridized carbons (Fsp3) is 0.462. The molecule has 1 rings (SSSR count). The molecule has 1 aromatic rings. The van der Waals surface area contributed by atoms with Crippen LogP contribution in [0.1, 0.15) is 31.4 Å². The number of rotatable bonds is 6. The lowest BCUT2D eigenvalue weighted by Gasteiger charge is -2.13. The summed E-state index contributed by atoms with van der Waals surface area (Å²) in [4.78, 5) is 11.0. The quantitative estimate of drug-likeness (QED) is 0.762. The van der Waals surface area contributed by atoms with Gasteiger partial charge in [-0.3, -0.25) is 4.79 Å². The van der Waals surface area contributed by atoms with Gasteiger partial charge in [-0.25, -0.2) is 4.39 Å². The predicted octanol–water partition coefficient (Wildman–Crippen LogP) is 1.78. The maximum atomic E-state index is 13.0. The van der Waals surface area contributed by atoms with Crippen molar-refractivity contribution >= 4 is 5.91 Å². The van der Waals surface area contributed by atoms with Crippen LogP contribution in [0.25, 0.3) is 0 Å². The normalized spacial score (nSPS) is 12.0. The van der Waals surface area contributed by atoms with E-state index in [1.165, 1.54) is 18.2 Å². The zero-order valence-electron chi connectivity index (χ0n) is 10.6. The lowest BCUT2D eigenvalue weighted by molar-refractivity contribution is -0.120. The van der Waals surface area contributed by atoms with E-state index >= 15 is 0 Å². The highest BCUT2D eigenvalue weighted by atomic mass is 19.1. The molecule has 100 valence electrons. The van der Waals surface area contributed by atoms with E-state index in [1.807, 2.05) is 0 Å². The molecule has 0 heterocycles. The number of carbonyl (C=O) groups is 1. The highest BCUT2D eigenvalue weighted by Gasteiger charge is 2.10. The summed E-state index contributed by atoms with van der Waals surface area (Å²) in [6.45, 7) is 1.89. The van der Waals surface area contributed by atoms with Crippen molar-refractivity contribution in [1.82, 2.24) is 5.32 Å². The number of carbonyl (C=O) groups excluding carboxylic acids is 1. The van der Waals surface area contributed by atoms with Crippen LogP contribution in [0.4, 0.5) is 4.39 Å². The van der Waals surface area contributed by atoms with Crippen LogP contribution in [0.3, 0.4) is 0 Å². The van der Waals surface area contributed by atoms with E-state index in [0.29, 0.717) is 30.8 Å². The van der Waals surface area contributed by atoms with E-state index in [1.54, 1.807) is 14.0 Å². The second-order valence-corrected chi connectivity index (χ2v) is 3.98. The van der Waals surface area contributed by atoms with Crippen LogP contribution in [0, 0.1) is 5.82 Å². The SMILES string of the molecule is CNC(=O)CCCOc1ccc(F)cc1[C@@H](C)O. The number of aliphatic hydroxyl groups is 1. The summed E-state index contributed by atoms with van der Waals surface area (Å²) >= 11 is 0. The Balaban J connectivity index is 2.54. The van der Waals surface area contributed by atoms with Crippen molar-refractivity contribution in [1.29, 1.82) is 0 Å². The van der Waals surface area contributed by atoms with Crippen LogP contribution in [-0.2, 0) is 4.79 Å². The first-order chi connectivity index (χ1) is 8.54. The minimum Gasteiger partial charge on any atom is -0.493 e. The van der Waals surface area contributed by atoms with E-state index in [2.05, 4.69) is 5.32 Å². The number of ether oxygens (including phenoxy) is 1. The van der Waals surface area contributed by atoms with Gasteiger partial charge in [-0.15, -0.1) is 0 Å². The van der Waals surface area contributed by atoms with Crippen molar-refractivity contribution in [3.05, 3.63) is 29.6 Å². The Morgan fingerprint density at radius 1 is 1.56 bits per heavy atom. The molecular formula is C13H18FNO3. The van der Waals surface area contributed by atoms with Gasteiger partial charge >= 0.3 is 0 Å². The summed E-state index contributed by atoms with van der Waals surface area (Å²) in [5.74, 6) is -0.0135. The molecule has 0 saturated carbocycles. The summed E-state index contributed by atoms with van der Waals surface area (Å²) in [7, 11) is 1.58. The Morgan fingerprint density at radius 2 is 2.28 bits per heavy atom. The smallest absolute Gasteiger partial charge is 0.219 e. The Kier molecular flexibility index (Phi) is 5.58. The molecule has 0 unspecified atom stereocenters. The lowest BCUT2D eigenvalue weighted by Crippen LogP contribution is -2.18. The molecule has 4 nitrogen and oxygen atoms in total. The number of aliphatic hydroxyl groups excluding tert-OH is 1. The summed E-state index contributed by atoms with van der Waals surface area (Å²) in [6.07, 6.45) is 0.146. The zero-order valence-corrected chi connectivity index (χ0v) is 10.6. The van der Waals surface area contributed by atoms with E-state index in [4.69, 9.17) is 4.74 Å². The standard InChI is InChI=1S/C13H18FNO3/c1-9(16)11-8-10(14)5-6-12(11)18-7-3-4-13(17)15-2/h5-6,8-9,16H,3-4,7H2,1-2H3,(H,15,17)/t9-/m1/s1. The van der Waals surface area contributed by atoms with E-state index in [9.17, 15) is 14.3 Å². The fourth-order valence-electron chi connectivity index (χ4n) is 1.52. The Labute approximate surface area is 106 Å². The first-order valence-corrected chi connectivity index (χ1v) is 5.85. The maximum Gasteiger partial charge on any atom is 0.219 e. The molecule has 0 aromatic heterocycles. The largest absolute Gasteiger partial charge is 0.493 e.